The summed E-state index contributed by atoms with van der Waals surface area (Å²) in [5.74, 6) is 0.0777. The number of anilines is 3. The molecule has 2 aromatic carbocycles. The fourth-order valence-corrected chi connectivity index (χ4v) is 5.77. The number of nitrogens with one attached hydrogen (secondary N) is 3. The first-order chi connectivity index (χ1) is 16.8. The Morgan fingerprint density at radius 2 is 2.03 bits per heavy atom. The van der Waals surface area contributed by atoms with Gasteiger partial charge >= 0.3 is 0 Å². The number of guanidine groups is 1. The van der Waals surface area contributed by atoms with Gasteiger partial charge in [0.15, 0.2) is 5.96 Å². The van der Waals surface area contributed by atoms with Crippen molar-refractivity contribution in [1.82, 2.24) is 10.2 Å². The molecule has 8 nitrogen and oxygen atoms in total. The lowest BCUT2D eigenvalue weighted by atomic mass is 9.85. The molecule has 0 spiro atoms. The van der Waals surface area contributed by atoms with Crippen molar-refractivity contribution in [2.24, 2.45) is 0 Å². The second-order valence-electron chi connectivity index (χ2n) is 9.65. The van der Waals surface area contributed by atoms with Gasteiger partial charge in [-0.3, -0.25) is 19.9 Å². The van der Waals surface area contributed by atoms with Crippen LogP contribution in [-0.2, 0) is 26.3 Å². The highest BCUT2D eigenvalue weighted by atomic mass is 35.5. The number of rotatable bonds is 4. The minimum absolute atomic E-state index is 0.0111. The molecule has 1 atom stereocenters. The number of nitrogens with zero attached hydrogens (tertiary/aromatic N) is 2. The zero-order valence-electron chi connectivity index (χ0n) is 20.0. The van der Waals surface area contributed by atoms with E-state index in [1.807, 2.05) is 43.3 Å². The first kappa shape index (κ1) is 23.6. The topological polar surface area (TPSA) is 97.8 Å². The normalized spacial score (nSPS) is 22.7. The fraction of sp³-hybridized carbons (Fsp3) is 0.423. The molecule has 0 unspecified atom stereocenters. The zero-order chi connectivity index (χ0) is 24.7. The highest BCUT2D eigenvalue weighted by Gasteiger charge is 2.43. The van der Waals surface area contributed by atoms with Gasteiger partial charge in [-0.1, -0.05) is 23.7 Å². The molecule has 0 aliphatic carbocycles. The monoisotopic (exact) mass is 495 g/mol. The molecule has 2 saturated heterocycles. The average Bonchev–Trinajstić information content (AvgIpc) is 3.24. The van der Waals surface area contributed by atoms with Gasteiger partial charge in [-0.15, -0.1) is 0 Å². The Bertz CT molecular complexity index is 1180. The predicted molar refractivity (Wildman–Crippen MR) is 136 cm³/mol. The number of ether oxygens (including phenoxy) is 1. The van der Waals surface area contributed by atoms with Crippen molar-refractivity contribution in [3.63, 3.8) is 0 Å². The minimum atomic E-state index is -0.801. The zero-order valence-corrected chi connectivity index (χ0v) is 20.7. The van der Waals surface area contributed by atoms with Crippen molar-refractivity contribution in [1.29, 1.82) is 5.41 Å². The molecule has 0 aromatic heterocycles. The Morgan fingerprint density at radius 1 is 1.26 bits per heavy atom. The predicted octanol–water partition coefficient (Wildman–Crippen LogP) is 4.14. The molecular formula is C26H30ClN5O3. The molecule has 2 amide bonds. The first-order valence-electron chi connectivity index (χ1n) is 12.0. The average molecular weight is 496 g/mol. The number of fused-ring (bicyclic) bond motifs is 1. The van der Waals surface area contributed by atoms with Gasteiger partial charge in [0, 0.05) is 44.1 Å². The molecule has 2 fully saturated rings. The molecule has 184 valence electrons. The summed E-state index contributed by atoms with van der Waals surface area (Å²) in [6.45, 7) is 5.40. The summed E-state index contributed by atoms with van der Waals surface area (Å²) >= 11 is 6.88. The maximum Gasteiger partial charge on any atom is 0.232 e. The molecule has 3 aliphatic heterocycles. The number of benzene rings is 2. The van der Waals surface area contributed by atoms with Gasteiger partial charge in [-0.2, -0.15) is 0 Å². The van der Waals surface area contributed by atoms with E-state index in [-0.39, 0.29) is 30.2 Å². The van der Waals surface area contributed by atoms with Crippen molar-refractivity contribution in [2.45, 2.75) is 51.1 Å². The van der Waals surface area contributed by atoms with E-state index >= 15 is 0 Å². The van der Waals surface area contributed by atoms with Crippen molar-refractivity contribution in [3.05, 3.63) is 52.5 Å². The maximum atomic E-state index is 13.2. The highest BCUT2D eigenvalue weighted by Crippen LogP contribution is 2.40. The third-order valence-corrected chi connectivity index (χ3v) is 7.60. The quantitative estimate of drug-likeness (QED) is 0.592. The van der Waals surface area contributed by atoms with Gasteiger partial charge in [0.1, 0.15) is 0 Å². The van der Waals surface area contributed by atoms with E-state index in [4.69, 9.17) is 21.7 Å². The molecular weight excluding hydrogens is 466 g/mol. The van der Waals surface area contributed by atoms with Crippen LogP contribution in [0, 0.1) is 5.41 Å². The standard InChI is InChI=1S/C26H30ClN5O3/c1-16(33)31-11-8-17-14-18(6-7-22(17)31)29-21-5-3-4-20(24(21)27)26(2)15-23(34)32(25(28)30-26)19-9-12-35-13-10-19/h3-7,14,19,29H,8-13,15H2,1-2H3,(H2,28,30)/t26-/m0/s1. The SMILES string of the molecule is CC(=O)N1CCc2cc(Nc3cccc([C@]4(C)CC(=O)N(C5CCOCC5)C(=N)N4)c3Cl)ccc21. The minimum Gasteiger partial charge on any atom is -0.381 e. The molecule has 0 saturated carbocycles. The number of halogens is 1. The van der Waals surface area contributed by atoms with Crippen molar-refractivity contribution in [2.75, 3.05) is 30.0 Å². The Kier molecular flexibility index (Phi) is 6.19. The number of hydrogen-bond acceptors (Lipinski definition) is 5. The van der Waals surface area contributed by atoms with Gasteiger partial charge in [-0.05, 0) is 61.6 Å². The van der Waals surface area contributed by atoms with E-state index < -0.39 is 5.54 Å². The summed E-state index contributed by atoms with van der Waals surface area (Å²) in [4.78, 5) is 28.4. The molecule has 9 heteroatoms. The summed E-state index contributed by atoms with van der Waals surface area (Å²) in [5.41, 5.74) is 3.63. The molecule has 3 aliphatic rings. The van der Waals surface area contributed by atoms with Gasteiger partial charge in [-0.25, -0.2) is 0 Å². The number of amides is 2. The maximum absolute atomic E-state index is 13.2. The van der Waals surface area contributed by atoms with Gasteiger partial charge in [0.2, 0.25) is 11.8 Å². The molecule has 3 N–H and O–H groups in total. The van der Waals surface area contributed by atoms with Crippen LogP contribution < -0.4 is 15.5 Å². The van der Waals surface area contributed by atoms with Crippen molar-refractivity contribution < 1.29 is 14.3 Å². The first-order valence-corrected chi connectivity index (χ1v) is 12.4. The summed E-state index contributed by atoms with van der Waals surface area (Å²) in [6.07, 6.45) is 2.49. The van der Waals surface area contributed by atoms with E-state index in [1.165, 1.54) is 0 Å². The van der Waals surface area contributed by atoms with Crippen LogP contribution in [-0.4, -0.2) is 48.5 Å². The van der Waals surface area contributed by atoms with Crippen LogP contribution in [0.25, 0.3) is 0 Å². The molecule has 2 aromatic rings. The summed E-state index contributed by atoms with van der Waals surface area (Å²) in [7, 11) is 0. The molecule has 0 bridgehead atoms. The van der Waals surface area contributed by atoms with Crippen molar-refractivity contribution in [3.8, 4) is 0 Å². The number of carbonyl (C=O) groups excluding carboxylic acids is 2. The third kappa shape index (κ3) is 4.36. The summed E-state index contributed by atoms with van der Waals surface area (Å²) < 4.78 is 5.42. The summed E-state index contributed by atoms with van der Waals surface area (Å²) in [5, 5.41) is 15.8. The highest BCUT2D eigenvalue weighted by molar-refractivity contribution is 6.34. The molecule has 3 heterocycles. The Labute approximate surface area is 210 Å². The van der Waals surface area contributed by atoms with Crippen LogP contribution in [0.5, 0.6) is 0 Å². The Morgan fingerprint density at radius 3 is 2.74 bits per heavy atom. The van der Waals surface area contributed by atoms with Gasteiger partial charge in [0.05, 0.1) is 22.7 Å². The molecule has 5 rings (SSSR count). The Hall–Kier alpha value is -3.10. The van der Waals surface area contributed by atoms with Gasteiger partial charge < -0.3 is 20.3 Å². The lowest BCUT2D eigenvalue weighted by Crippen LogP contribution is -2.62. The van der Waals surface area contributed by atoms with Gasteiger partial charge in [0.25, 0.3) is 0 Å². The molecule has 35 heavy (non-hydrogen) atoms. The third-order valence-electron chi connectivity index (χ3n) is 7.19. The lowest BCUT2D eigenvalue weighted by Gasteiger charge is -2.45. The van der Waals surface area contributed by atoms with E-state index in [0.29, 0.717) is 24.8 Å². The van der Waals surface area contributed by atoms with E-state index in [9.17, 15) is 9.59 Å². The second-order valence-corrected chi connectivity index (χ2v) is 10.0. The number of hydrogen-bond donors (Lipinski definition) is 3. The van der Waals surface area contributed by atoms with Crippen LogP contribution in [0.1, 0.15) is 44.2 Å². The smallest absolute Gasteiger partial charge is 0.232 e. The number of carbonyl (C=O) groups is 2. The van der Waals surface area contributed by atoms with Crippen LogP contribution in [0.15, 0.2) is 36.4 Å². The van der Waals surface area contributed by atoms with Crippen LogP contribution >= 0.6 is 11.6 Å². The van der Waals surface area contributed by atoms with Crippen LogP contribution in [0.4, 0.5) is 17.1 Å². The van der Waals surface area contributed by atoms with E-state index in [1.54, 1.807) is 16.7 Å². The largest absolute Gasteiger partial charge is 0.381 e. The Balaban J connectivity index is 1.37. The fourth-order valence-electron chi connectivity index (χ4n) is 5.39. The molecule has 0 radical (unpaired) electrons. The van der Waals surface area contributed by atoms with Crippen LogP contribution in [0.3, 0.4) is 0 Å². The van der Waals surface area contributed by atoms with E-state index in [0.717, 1.165) is 47.5 Å². The lowest BCUT2D eigenvalue weighted by molar-refractivity contribution is -0.133. The van der Waals surface area contributed by atoms with E-state index in [2.05, 4.69) is 10.6 Å². The van der Waals surface area contributed by atoms with Crippen molar-refractivity contribution >= 4 is 46.4 Å². The van der Waals surface area contributed by atoms with Crippen LogP contribution in [0.2, 0.25) is 5.02 Å². The second kappa shape index (κ2) is 9.17. The summed E-state index contributed by atoms with van der Waals surface area (Å²) in [6, 6.07) is 11.6.